The second-order valence-electron chi connectivity index (χ2n) is 8.06. The van der Waals surface area contributed by atoms with Gasteiger partial charge in [0.15, 0.2) is 0 Å². The zero-order valence-electron chi connectivity index (χ0n) is 19.1. The van der Waals surface area contributed by atoms with Crippen molar-refractivity contribution in [2.24, 2.45) is 5.10 Å². The van der Waals surface area contributed by atoms with Gasteiger partial charge in [0, 0.05) is 5.56 Å². The fraction of sp³-hybridized carbons (Fsp3) is 0.154. The van der Waals surface area contributed by atoms with E-state index in [4.69, 9.17) is 25.9 Å². The number of halogens is 1. The summed E-state index contributed by atoms with van der Waals surface area (Å²) in [5.74, 6) is -1.03. The van der Waals surface area contributed by atoms with Crippen molar-refractivity contribution in [3.8, 4) is 11.3 Å². The molecule has 2 aromatic carbocycles. The average Bonchev–Trinajstić information content (AvgIpc) is 3.39. The van der Waals surface area contributed by atoms with Crippen LogP contribution in [0, 0.1) is 0 Å². The van der Waals surface area contributed by atoms with Crippen LogP contribution in [0.15, 0.2) is 69.7 Å². The standard InChI is InChI=1S/C26H21ClN2O6/c1-14(2)34-26(33)21-12-18(8-10-22(21)27)29-24(30)20(15(3)28-29)13-19-9-11-23(35-19)16-4-6-17(7-5-16)25(31)32/h4-14H,1-3H3,(H,31,32)/b20-13-. The summed E-state index contributed by atoms with van der Waals surface area (Å²) in [6.45, 7) is 5.16. The molecule has 1 N–H and O–H groups in total. The smallest absolute Gasteiger partial charge is 0.339 e. The minimum absolute atomic E-state index is 0.139. The normalized spacial score (nSPS) is 14.5. The Morgan fingerprint density at radius 2 is 1.83 bits per heavy atom. The number of ether oxygens (including phenoxy) is 1. The summed E-state index contributed by atoms with van der Waals surface area (Å²) < 4.78 is 11.1. The van der Waals surface area contributed by atoms with Crippen LogP contribution in [0.1, 0.15) is 47.2 Å². The quantitative estimate of drug-likeness (QED) is 0.350. The summed E-state index contributed by atoms with van der Waals surface area (Å²) in [6, 6.07) is 14.3. The van der Waals surface area contributed by atoms with Gasteiger partial charge in [0.05, 0.1) is 39.2 Å². The van der Waals surface area contributed by atoms with Crippen molar-refractivity contribution >= 4 is 46.9 Å². The van der Waals surface area contributed by atoms with Crippen molar-refractivity contribution in [2.45, 2.75) is 26.9 Å². The maximum atomic E-state index is 13.1. The van der Waals surface area contributed by atoms with Crippen molar-refractivity contribution in [3.63, 3.8) is 0 Å². The zero-order chi connectivity index (χ0) is 25.3. The van der Waals surface area contributed by atoms with Gasteiger partial charge in [0.1, 0.15) is 11.5 Å². The van der Waals surface area contributed by atoms with Crippen molar-refractivity contribution in [1.29, 1.82) is 0 Å². The minimum Gasteiger partial charge on any atom is -0.478 e. The molecule has 178 valence electrons. The Hall–Kier alpha value is -4.17. The highest BCUT2D eigenvalue weighted by Gasteiger charge is 2.30. The summed E-state index contributed by atoms with van der Waals surface area (Å²) in [5, 5.41) is 14.8. The molecular formula is C26H21ClN2O6. The van der Waals surface area contributed by atoms with Crippen LogP contribution >= 0.6 is 11.6 Å². The highest BCUT2D eigenvalue weighted by atomic mass is 35.5. The van der Waals surface area contributed by atoms with Crippen LogP contribution in [0.3, 0.4) is 0 Å². The minimum atomic E-state index is -1.01. The number of amides is 1. The molecule has 0 radical (unpaired) electrons. The number of hydrazone groups is 1. The number of rotatable bonds is 6. The Bertz CT molecular complexity index is 1390. The van der Waals surface area contributed by atoms with E-state index >= 15 is 0 Å². The van der Waals surface area contributed by atoms with Crippen LogP contribution in [-0.4, -0.2) is 34.8 Å². The van der Waals surface area contributed by atoms with Gasteiger partial charge in [-0.1, -0.05) is 23.7 Å². The zero-order valence-corrected chi connectivity index (χ0v) is 19.9. The van der Waals surface area contributed by atoms with Crippen LogP contribution in [0.2, 0.25) is 5.02 Å². The Kier molecular flexibility index (Phi) is 6.57. The third kappa shape index (κ3) is 5.02. The third-order valence-electron chi connectivity index (χ3n) is 5.15. The average molecular weight is 493 g/mol. The molecule has 3 aromatic rings. The maximum absolute atomic E-state index is 13.1. The number of hydrogen-bond acceptors (Lipinski definition) is 6. The van der Waals surface area contributed by atoms with Crippen molar-refractivity contribution in [2.75, 3.05) is 5.01 Å². The predicted octanol–water partition coefficient (Wildman–Crippen LogP) is 5.67. The topological polar surface area (TPSA) is 109 Å². The summed E-state index contributed by atoms with van der Waals surface area (Å²) in [4.78, 5) is 36.5. The number of carbonyl (C=O) groups is 3. The molecule has 1 aliphatic heterocycles. The van der Waals surface area contributed by atoms with E-state index in [1.165, 1.54) is 29.3 Å². The molecule has 1 aliphatic rings. The lowest BCUT2D eigenvalue weighted by Gasteiger charge is -2.14. The van der Waals surface area contributed by atoms with E-state index in [2.05, 4.69) is 5.10 Å². The molecular weight excluding hydrogens is 472 g/mol. The molecule has 8 nitrogen and oxygen atoms in total. The lowest BCUT2D eigenvalue weighted by molar-refractivity contribution is -0.114. The number of aromatic carboxylic acids is 1. The lowest BCUT2D eigenvalue weighted by atomic mass is 10.1. The van der Waals surface area contributed by atoms with E-state index in [-0.39, 0.29) is 22.3 Å². The number of esters is 1. The van der Waals surface area contributed by atoms with Crippen molar-refractivity contribution < 1.29 is 28.6 Å². The van der Waals surface area contributed by atoms with Crippen LogP contribution in [0.25, 0.3) is 17.4 Å². The monoisotopic (exact) mass is 492 g/mol. The number of benzene rings is 2. The van der Waals surface area contributed by atoms with Crippen molar-refractivity contribution in [3.05, 3.63) is 82.1 Å². The Balaban J connectivity index is 1.58. The number of nitrogens with zero attached hydrogens (tertiary/aromatic N) is 2. The van der Waals surface area contributed by atoms with Gasteiger partial charge in [-0.3, -0.25) is 4.79 Å². The molecule has 0 unspecified atom stereocenters. The van der Waals surface area contributed by atoms with E-state index in [9.17, 15) is 14.4 Å². The van der Waals surface area contributed by atoms with Gasteiger partial charge in [-0.2, -0.15) is 10.1 Å². The molecule has 1 amide bonds. The Labute approximate surface area is 206 Å². The van der Waals surface area contributed by atoms with Gasteiger partial charge >= 0.3 is 11.9 Å². The number of carboxylic acids is 1. The molecule has 4 rings (SSSR count). The van der Waals surface area contributed by atoms with Gasteiger partial charge in [0.2, 0.25) is 0 Å². The molecule has 0 saturated heterocycles. The molecule has 1 aromatic heterocycles. The fourth-order valence-corrected chi connectivity index (χ4v) is 3.64. The molecule has 2 heterocycles. The second kappa shape index (κ2) is 9.60. The first-order chi connectivity index (χ1) is 16.6. The van der Waals surface area contributed by atoms with Gasteiger partial charge < -0.3 is 14.3 Å². The molecule has 0 saturated carbocycles. The molecule has 35 heavy (non-hydrogen) atoms. The number of carbonyl (C=O) groups excluding carboxylic acids is 2. The molecule has 9 heteroatoms. The summed E-state index contributed by atoms with van der Waals surface area (Å²) in [6.07, 6.45) is 1.26. The van der Waals surface area contributed by atoms with Crippen LogP contribution < -0.4 is 5.01 Å². The molecule has 0 bridgehead atoms. The highest BCUT2D eigenvalue weighted by Crippen LogP contribution is 2.30. The molecule has 0 spiro atoms. The first-order valence-corrected chi connectivity index (χ1v) is 11.1. The van der Waals surface area contributed by atoms with Crippen LogP contribution in [-0.2, 0) is 9.53 Å². The van der Waals surface area contributed by atoms with Gasteiger partial charge in [-0.25, -0.2) is 9.59 Å². The second-order valence-corrected chi connectivity index (χ2v) is 8.47. The van der Waals surface area contributed by atoms with Crippen molar-refractivity contribution in [1.82, 2.24) is 0 Å². The van der Waals surface area contributed by atoms with E-state index < -0.39 is 17.8 Å². The Morgan fingerprint density at radius 3 is 2.49 bits per heavy atom. The molecule has 0 atom stereocenters. The molecule has 0 fully saturated rings. The number of furan rings is 1. The summed E-state index contributed by atoms with van der Waals surface area (Å²) in [5.41, 5.74) is 2.19. The highest BCUT2D eigenvalue weighted by molar-refractivity contribution is 6.34. The summed E-state index contributed by atoms with van der Waals surface area (Å²) in [7, 11) is 0. The first kappa shape index (κ1) is 24.0. The summed E-state index contributed by atoms with van der Waals surface area (Å²) >= 11 is 6.17. The number of carboxylic acid groups (broad SMARTS) is 1. The fourth-order valence-electron chi connectivity index (χ4n) is 3.44. The van der Waals surface area contributed by atoms with Gasteiger partial charge in [0.25, 0.3) is 5.91 Å². The maximum Gasteiger partial charge on any atom is 0.339 e. The largest absolute Gasteiger partial charge is 0.478 e. The van der Waals surface area contributed by atoms with E-state index in [0.717, 1.165) is 0 Å². The lowest BCUT2D eigenvalue weighted by Crippen LogP contribution is -2.22. The molecule has 0 aliphatic carbocycles. The Morgan fingerprint density at radius 1 is 1.11 bits per heavy atom. The van der Waals surface area contributed by atoms with E-state index in [1.807, 2.05) is 0 Å². The van der Waals surface area contributed by atoms with Crippen LogP contribution in [0.4, 0.5) is 5.69 Å². The number of hydrogen-bond donors (Lipinski definition) is 1. The predicted molar refractivity (Wildman–Crippen MR) is 132 cm³/mol. The van der Waals surface area contributed by atoms with Gasteiger partial charge in [-0.15, -0.1) is 0 Å². The van der Waals surface area contributed by atoms with Crippen LogP contribution in [0.5, 0.6) is 0 Å². The SMILES string of the molecule is CC1=NN(c2ccc(Cl)c(C(=O)OC(C)C)c2)C(=O)/C1=C\c1ccc(-c2ccc(C(=O)O)cc2)o1. The number of anilines is 1. The van der Waals surface area contributed by atoms with Gasteiger partial charge in [-0.05, 0) is 69.3 Å². The first-order valence-electron chi connectivity index (χ1n) is 10.7. The van der Waals surface area contributed by atoms with E-state index in [1.54, 1.807) is 57.2 Å². The van der Waals surface area contributed by atoms with E-state index in [0.29, 0.717) is 34.1 Å². The third-order valence-corrected chi connectivity index (χ3v) is 5.48.